The number of piperazine rings is 1. The van der Waals surface area contributed by atoms with Crippen LogP contribution in [0.1, 0.15) is 5.56 Å². The van der Waals surface area contributed by atoms with E-state index in [-0.39, 0.29) is 10.5 Å². The number of hydrogen-bond acceptors (Lipinski definition) is 4. The number of halogens is 2. The Morgan fingerprint density at radius 3 is 2.41 bits per heavy atom. The lowest BCUT2D eigenvalue weighted by Gasteiger charge is -2.31. The van der Waals surface area contributed by atoms with Gasteiger partial charge in [-0.25, -0.2) is 12.8 Å². The minimum absolute atomic E-state index is 0.187. The number of carbonyl (C=O) groups excluding carboxylic acids is 1. The van der Waals surface area contributed by atoms with Gasteiger partial charge in [0.2, 0.25) is 15.9 Å². The number of benzene rings is 2. The van der Waals surface area contributed by atoms with Gasteiger partial charge in [-0.3, -0.25) is 4.79 Å². The van der Waals surface area contributed by atoms with Crippen molar-refractivity contribution in [1.82, 2.24) is 9.21 Å². The van der Waals surface area contributed by atoms with Crippen LogP contribution in [0.15, 0.2) is 57.9 Å². The Morgan fingerprint density at radius 1 is 1.10 bits per heavy atom. The number of hydrogen-bond donors (Lipinski definition) is 1. The number of nitrogens with one attached hydrogen (secondary N) is 1. The van der Waals surface area contributed by atoms with E-state index in [1.165, 1.54) is 46.8 Å². The van der Waals surface area contributed by atoms with Gasteiger partial charge in [0.05, 0.1) is 4.90 Å². The maximum Gasteiger partial charge on any atom is 0.248 e. The standard InChI is InChI=1S/C20H21BrFN3O3S/c1-24-10-12-25(13-11-24)29(27,28)18-6-4-17(5-7-18)23-20(26)9-2-15-14-16(21)3-8-19(15)22/h2-9,14H,10-13H2,1H3,(H,23,26)/b9-2+. The molecule has 1 fully saturated rings. The number of amides is 1. The normalized spacial score (nSPS) is 16.2. The maximum absolute atomic E-state index is 13.7. The molecule has 0 atom stereocenters. The van der Waals surface area contributed by atoms with Crippen molar-refractivity contribution in [2.45, 2.75) is 4.90 Å². The van der Waals surface area contributed by atoms with E-state index in [1.54, 1.807) is 12.1 Å². The molecule has 1 amide bonds. The van der Waals surface area contributed by atoms with Gasteiger partial charge >= 0.3 is 0 Å². The Labute approximate surface area is 178 Å². The van der Waals surface area contributed by atoms with Gasteiger partial charge in [-0.15, -0.1) is 0 Å². The number of rotatable bonds is 5. The fourth-order valence-corrected chi connectivity index (χ4v) is 4.68. The van der Waals surface area contributed by atoms with Crippen LogP contribution < -0.4 is 5.32 Å². The second-order valence-electron chi connectivity index (χ2n) is 6.72. The summed E-state index contributed by atoms with van der Waals surface area (Å²) >= 11 is 3.26. The van der Waals surface area contributed by atoms with E-state index in [9.17, 15) is 17.6 Å². The highest BCUT2D eigenvalue weighted by Gasteiger charge is 2.27. The molecule has 1 N–H and O–H groups in total. The summed E-state index contributed by atoms with van der Waals surface area (Å²) in [6.07, 6.45) is 2.60. The van der Waals surface area contributed by atoms with Crippen molar-refractivity contribution in [3.05, 3.63) is 64.4 Å². The highest BCUT2D eigenvalue weighted by Crippen LogP contribution is 2.20. The topological polar surface area (TPSA) is 69.7 Å². The van der Waals surface area contributed by atoms with Crippen LogP contribution in [0, 0.1) is 5.82 Å². The highest BCUT2D eigenvalue weighted by molar-refractivity contribution is 9.10. The number of likely N-dealkylation sites (N-methyl/N-ethyl adjacent to an activating group) is 1. The SMILES string of the molecule is CN1CCN(S(=O)(=O)c2ccc(NC(=O)/C=C/c3cc(Br)ccc3F)cc2)CC1. The third-order valence-electron chi connectivity index (χ3n) is 4.59. The quantitative estimate of drug-likeness (QED) is 0.665. The molecular weight excluding hydrogens is 461 g/mol. The first-order chi connectivity index (χ1) is 13.8. The minimum atomic E-state index is -3.55. The molecule has 2 aromatic carbocycles. The zero-order chi connectivity index (χ0) is 21.0. The van der Waals surface area contributed by atoms with Crippen LogP contribution in [0.5, 0.6) is 0 Å². The Morgan fingerprint density at radius 2 is 1.76 bits per heavy atom. The smallest absolute Gasteiger partial charge is 0.248 e. The maximum atomic E-state index is 13.7. The summed E-state index contributed by atoms with van der Waals surface area (Å²) in [4.78, 5) is 14.3. The number of carbonyl (C=O) groups is 1. The fraction of sp³-hybridized carbons (Fsp3) is 0.250. The molecule has 0 spiro atoms. The molecule has 154 valence electrons. The third kappa shape index (κ3) is 5.51. The summed E-state index contributed by atoms with van der Waals surface area (Å²) in [5.74, 6) is -0.880. The second kappa shape index (κ2) is 9.17. The lowest BCUT2D eigenvalue weighted by Crippen LogP contribution is -2.46. The molecular formula is C20H21BrFN3O3S. The van der Waals surface area contributed by atoms with Crippen molar-refractivity contribution < 1.29 is 17.6 Å². The van der Waals surface area contributed by atoms with Crippen molar-refractivity contribution in [2.75, 3.05) is 38.5 Å². The molecule has 0 aliphatic carbocycles. The zero-order valence-corrected chi connectivity index (χ0v) is 18.2. The van der Waals surface area contributed by atoms with Gasteiger partial charge in [0.25, 0.3) is 0 Å². The Balaban J connectivity index is 1.65. The Hall–Kier alpha value is -2.07. The predicted octanol–water partition coefficient (Wildman–Crippen LogP) is 3.18. The largest absolute Gasteiger partial charge is 0.323 e. The molecule has 2 aromatic rings. The molecule has 0 saturated carbocycles. The van der Waals surface area contributed by atoms with Crippen LogP contribution >= 0.6 is 15.9 Å². The lowest BCUT2D eigenvalue weighted by atomic mass is 10.2. The molecule has 1 aliphatic rings. The average molecular weight is 482 g/mol. The number of nitrogens with zero attached hydrogens (tertiary/aromatic N) is 2. The van der Waals surface area contributed by atoms with Crippen LogP contribution in [0.4, 0.5) is 10.1 Å². The number of sulfonamides is 1. The highest BCUT2D eigenvalue weighted by atomic mass is 79.9. The van der Waals surface area contributed by atoms with E-state index < -0.39 is 21.7 Å². The van der Waals surface area contributed by atoms with Crippen molar-refractivity contribution in [2.24, 2.45) is 0 Å². The summed E-state index contributed by atoms with van der Waals surface area (Å²) < 4.78 is 41.3. The van der Waals surface area contributed by atoms with Crippen molar-refractivity contribution in [3.8, 4) is 0 Å². The van der Waals surface area contributed by atoms with Gasteiger partial charge in [0, 0.05) is 48.0 Å². The van der Waals surface area contributed by atoms with Crippen LogP contribution in [-0.4, -0.2) is 56.8 Å². The van der Waals surface area contributed by atoms with E-state index >= 15 is 0 Å². The molecule has 6 nitrogen and oxygen atoms in total. The summed E-state index contributed by atoms with van der Waals surface area (Å²) in [5.41, 5.74) is 0.731. The van der Waals surface area contributed by atoms with E-state index in [1.807, 2.05) is 7.05 Å². The van der Waals surface area contributed by atoms with Crippen LogP contribution in [0.3, 0.4) is 0 Å². The molecule has 0 unspecified atom stereocenters. The molecule has 1 heterocycles. The summed E-state index contributed by atoms with van der Waals surface area (Å²) in [6.45, 7) is 2.29. The number of anilines is 1. The summed E-state index contributed by atoms with van der Waals surface area (Å²) in [6, 6.07) is 10.5. The molecule has 29 heavy (non-hydrogen) atoms. The van der Waals surface area contributed by atoms with Gasteiger partial charge in [0.1, 0.15) is 5.82 Å². The third-order valence-corrected chi connectivity index (χ3v) is 7.00. The minimum Gasteiger partial charge on any atom is -0.323 e. The van der Waals surface area contributed by atoms with Crippen LogP contribution in [0.2, 0.25) is 0 Å². The molecule has 0 radical (unpaired) electrons. The first-order valence-electron chi connectivity index (χ1n) is 8.98. The molecule has 0 bridgehead atoms. The lowest BCUT2D eigenvalue weighted by molar-refractivity contribution is -0.111. The zero-order valence-electron chi connectivity index (χ0n) is 15.8. The molecule has 1 aliphatic heterocycles. The second-order valence-corrected chi connectivity index (χ2v) is 9.57. The van der Waals surface area contributed by atoms with Crippen molar-refractivity contribution in [3.63, 3.8) is 0 Å². The van der Waals surface area contributed by atoms with Crippen LogP contribution in [-0.2, 0) is 14.8 Å². The van der Waals surface area contributed by atoms with E-state index in [4.69, 9.17) is 0 Å². The molecule has 1 saturated heterocycles. The van der Waals surface area contributed by atoms with Gasteiger partial charge in [-0.2, -0.15) is 4.31 Å². The summed E-state index contributed by atoms with van der Waals surface area (Å²) in [5, 5.41) is 2.64. The Kier molecular flexibility index (Phi) is 6.84. The molecule has 3 rings (SSSR count). The first-order valence-corrected chi connectivity index (χ1v) is 11.2. The van der Waals surface area contributed by atoms with Gasteiger partial charge in [0.15, 0.2) is 0 Å². The fourth-order valence-electron chi connectivity index (χ4n) is 2.88. The molecule has 0 aromatic heterocycles. The van der Waals surface area contributed by atoms with Gasteiger partial charge < -0.3 is 10.2 Å². The monoisotopic (exact) mass is 481 g/mol. The van der Waals surface area contributed by atoms with Gasteiger partial charge in [-0.05, 0) is 55.6 Å². The first kappa shape index (κ1) is 21.6. The van der Waals surface area contributed by atoms with Gasteiger partial charge in [-0.1, -0.05) is 15.9 Å². The average Bonchev–Trinajstić information content (AvgIpc) is 2.69. The Bertz CT molecular complexity index is 1020. The van der Waals surface area contributed by atoms with Crippen LogP contribution in [0.25, 0.3) is 6.08 Å². The van der Waals surface area contributed by atoms with E-state index in [0.717, 1.165) is 0 Å². The van der Waals surface area contributed by atoms with E-state index in [2.05, 4.69) is 26.1 Å². The van der Waals surface area contributed by atoms with Crippen molar-refractivity contribution in [1.29, 1.82) is 0 Å². The molecule has 9 heteroatoms. The van der Waals surface area contributed by atoms with E-state index in [0.29, 0.717) is 36.3 Å². The summed E-state index contributed by atoms with van der Waals surface area (Å²) in [7, 11) is -1.59. The predicted molar refractivity (Wildman–Crippen MR) is 114 cm³/mol. The van der Waals surface area contributed by atoms with Crippen molar-refractivity contribution >= 4 is 43.6 Å².